The van der Waals surface area contributed by atoms with Crippen LogP contribution in [0, 0.1) is 17.2 Å². The number of phenolic OH excluding ortho intramolecular Hbond substituents is 1. The van der Waals surface area contributed by atoms with Crippen molar-refractivity contribution in [3.8, 4) is 11.8 Å². The predicted molar refractivity (Wildman–Crippen MR) is 61.9 cm³/mol. The van der Waals surface area contributed by atoms with Crippen molar-refractivity contribution in [2.45, 2.75) is 12.8 Å². The van der Waals surface area contributed by atoms with Gasteiger partial charge in [0.15, 0.2) is 0 Å². The predicted octanol–water partition coefficient (Wildman–Crippen LogP) is 1.65. The number of hydrogen-bond acceptors (Lipinski definition) is 3. The van der Waals surface area contributed by atoms with Gasteiger partial charge < -0.3 is 10.4 Å². The monoisotopic (exact) mass is 228 g/mol. The van der Waals surface area contributed by atoms with Crippen LogP contribution in [-0.4, -0.2) is 11.0 Å². The molecule has 1 aromatic carbocycles. The highest BCUT2D eigenvalue weighted by atomic mass is 16.3. The molecule has 0 radical (unpaired) electrons. The highest BCUT2D eigenvalue weighted by molar-refractivity contribution is 5.85. The number of carbonyl (C=O) groups is 1. The average Bonchev–Trinajstić information content (AvgIpc) is 2.28. The van der Waals surface area contributed by atoms with Crippen molar-refractivity contribution >= 4 is 5.91 Å². The summed E-state index contributed by atoms with van der Waals surface area (Å²) in [5.74, 6) is -1.40. The highest BCUT2D eigenvalue weighted by Gasteiger charge is 2.33. The topological polar surface area (TPSA) is 73.1 Å². The zero-order chi connectivity index (χ0) is 12.4. The van der Waals surface area contributed by atoms with Crippen molar-refractivity contribution in [2.24, 2.45) is 5.92 Å². The largest absolute Gasteiger partial charge is 0.508 e. The van der Waals surface area contributed by atoms with E-state index in [0.717, 1.165) is 0 Å². The van der Waals surface area contributed by atoms with E-state index in [1.54, 1.807) is 37.3 Å². The summed E-state index contributed by atoms with van der Waals surface area (Å²) in [7, 11) is 0. The molecule has 0 aliphatic carbocycles. The van der Waals surface area contributed by atoms with Gasteiger partial charge in [-0.3, -0.25) is 4.79 Å². The van der Waals surface area contributed by atoms with E-state index in [1.165, 1.54) is 0 Å². The van der Waals surface area contributed by atoms with E-state index in [1.807, 2.05) is 6.07 Å². The van der Waals surface area contributed by atoms with Crippen LogP contribution >= 0.6 is 0 Å². The number of amides is 1. The van der Waals surface area contributed by atoms with Gasteiger partial charge >= 0.3 is 0 Å². The van der Waals surface area contributed by atoms with E-state index in [9.17, 15) is 9.90 Å². The number of phenols is 1. The van der Waals surface area contributed by atoms with Gasteiger partial charge in [0.25, 0.3) is 0 Å². The molecule has 1 aromatic rings. The van der Waals surface area contributed by atoms with Crippen LogP contribution in [0.25, 0.3) is 0 Å². The first-order valence-corrected chi connectivity index (χ1v) is 5.30. The highest BCUT2D eigenvalue weighted by Crippen LogP contribution is 2.34. The number of carbonyl (C=O) groups excluding carboxylic acids is 1. The van der Waals surface area contributed by atoms with Gasteiger partial charge in [0.2, 0.25) is 5.91 Å². The van der Waals surface area contributed by atoms with E-state index < -0.39 is 11.8 Å². The second kappa shape index (κ2) is 4.30. The third-order valence-corrected chi connectivity index (χ3v) is 2.83. The van der Waals surface area contributed by atoms with E-state index >= 15 is 0 Å². The Labute approximate surface area is 99.2 Å². The molecule has 1 aliphatic heterocycles. The molecule has 0 aromatic heterocycles. The number of aromatic hydroxyl groups is 1. The van der Waals surface area contributed by atoms with Gasteiger partial charge in [0.1, 0.15) is 11.7 Å². The Kier molecular flexibility index (Phi) is 2.84. The van der Waals surface area contributed by atoms with Crippen LogP contribution in [-0.2, 0) is 4.79 Å². The lowest BCUT2D eigenvalue weighted by molar-refractivity contribution is -0.123. The normalized spacial score (nSPS) is 23.5. The minimum atomic E-state index is -0.799. The molecule has 17 heavy (non-hydrogen) atoms. The van der Waals surface area contributed by atoms with Crippen LogP contribution in [0.15, 0.2) is 36.0 Å². The summed E-state index contributed by atoms with van der Waals surface area (Å²) in [6, 6.07) is 8.75. The van der Waals surface area contributed by atoms with Crippen molar-refractivity contribution in [1.82, 2.24) is 5.32 Å². The lowest BCUT2D eigenvalue weighted by atomic mass is 9.83. The summed E-state index contributed by atoms with van der Waals surface area (Å²) in [5, 5.41) is 21.4. The first-order chi connectivity index (χ1) is 8.13. The first kappa shape index (κ1) is 11.2. The number of nitrogens with zero attached hydrogens (tertiary/aromatic N) is 1. The zero-order valence-electron chi connectivity index (χ0n) is 9.34. The van der Waals surface area contributed by atoms with E-state index in [4.69, 9.17) is 5.26 Å². The van der Waals surface area contributed by atoms with Crippen molar-refractivity contribution in [2.75, 3.05) is 0 Å². The number of para-hydroxylation sites is 1. The Morgan fingerprint density at radius 2 is 2.12 bits per heavy atom. The lowest BCUT2D eigenvalue weighted by Crippen LogP contribution is -2.36. The molecule has 0 spiro atoms. The SMILES string of the molecule is CC1=CC(c2ccccc2O)C(C#N)C(=O)N1. The molecule has 0 saturated heterocycles. The summed E-state index contributed by atoms with van der Waals surface area (Å²) in [4.78, 5) is 11.7. The molecule has 2 atom stereocenters. The van der Waals surface area contributed by atoms with Gasteiger partial charge in [-0.2, -0.15) is 5.26 Å². The molecule has 0 bridgehead atoms. The van der Waals surface area contributed by atoms with Crippen molar-refractivity contribution < 1.29 is 9.90 Å². The van der Waals surface area contributed by atoms with Gasteiger partial charge in [-0.1, -0.05) is 24.3 Å². The Bertz CT molecular complexity index is 528. The molecule has 2 unspecified atom stereocenters. The second-order valence-corrected chi connectivity index (χ2v) is 4.03. The van der Waals surface area contributed by atoms with Crippen molar-refractivity contribution in [3.63, 3.8) is 0 Å². The molecule has 1 aliphatic rings. The quantitative estimate of drug-likeness (QED) is 0.767. The summed E-state index contributed by atoms with van der Waals surface area (Å²) in [6.07, 6.45) is 1.80. The smallest absolute Gasteiger partial charge is 0.242 e. The molecule has 86 valence electrons. The fourth-order valence-electron chi connectivity index (χ4n) is 2.02. The maximum absolute atomic E-state index is 11.7. The molecule has 1 heterocycles. The summed E-state index contributed by atoms with van der Waals surface area (Å²) in [6.45, 7) is 1.76. The second-order valence-electron chi connectivity index (χ2n) is 4.03. The Morgan fingerprint density at radius 3 is 2.76 bits per heavy atom. The Balaban J connectivity index is 2.49. The molecular weight excluding hydrogens is 216 g/mol. The van der Waals surface area contributed by atoms with E-state index in [2.05, 4.69) is 5.32 Å². The van der Waals surface area contributed by atoms with Gasteiger partial charge in [0.05, 0.1) is 6.07 Å². The molecular formula is C13H12N2O2. The number of nitrogens with one attached hydrogen (secondary N) is 1. The average molecular weight is 228 g/mol. The Morgan fingerprint density at radius 1 is 1.41 bits per heavy atom. The van der Waals surface area contributed by atoms with Crippen LogP contribution in [0.3, 0.4) is 0 Å². The minimum absolute atomic E-state index is 0.108. The number of hydrogen-bond donors (Lipinski definition) is 2. The van der Waals surface area contributed by atoms with Gasteiger partial charge in [-0.25, -0.2) is 0 Å². The number of benzene rings is 1. The standard InChI is InChI=1S/C13H12N2O2/c1-8-6-10(11(7-14)13(17)15-8)9-4-2-3-5-12(9)16/h2-6,10-11,16H,1H3,(H,15,17). The zero-order valence-corrected chi connectivity index (χ0v) is 9.34. The number of rotatable bonds is 1. The van der Waals surface area contributed by atoms with Crippen LogP contribution in [0.4, 0.5) is 0 Å². The molecule has 4 heteroatoms. The van der Waals surface area contributed by atoms with Crippen molar-refractivity contribution in [1.29, 1.82) is 5.26 Å². The van der Waals surface area contributed by atoms with Crippen LogP contribution in [0.5, 0.6) is 5.75 Å². The maximum Gasteiger partial charge on any atom is 0.242 e. The first-order valence-electron chi connectivity index (χ1n) is 5.30. The van der Waals surface area contributed by atoms with Crippen molar-refractivity contribution in [3.05, 3.63) is 41.6 Å². The fraction of sp³-hybridized carbons (Fsp3) is 0.231. The van der Waals surface area contributed by atoms with E-state index in [-0.39, 0.29) is 11.7 Å². The Hall–Kier alpha value is -2.28. The number of nitriles is 1. The van der Waals surface area contributed by atoms with Crippen LogP contribution in [0.2, 0.25) is 0 Å². The minimum Gasteiger partial charge on any atom is -0.508 e. The third kappa shape index (κ3) is 2.00. The third-order valence-electron chi connectivity index (χ3n) is 2.83. The maximum atomic E-state index is 11.7. The number of allylic oxidation sites excluding steroid dienone is 2. The van der Waals surface area contributed by atoms with Gasteiger partial charge in [0, 0.05) is 17.2 Å². The molecule has 0 fully saturated rings. The van der Waals surface area contributed by atoms with Crippen LogP contribution < -0.4 is 5.32 Å². The molecule has 1 amide bonds. The molecule has 2 rings (SSSR count). The molecule has 2 N–H and O–H groups in total. The molecule has 4 nitrogen and oxygen atoms in total. The van der Waals surface area contributed by atoms with Crippen LogP contribution in [0.1, 0.15) is 18.4 Å². The van der Waals surface area contributed by atoms with Gasteiger partial charge in [-0.15, -0.1) is 0 Å². The molecule has 0 saturated carbocycles. The summed E-state index contributed by atoms with van der Waals surface area (Å²) >= 11 is 0. The summed E-state index contributed by atoms with van der Waals surface area (Å²) in [5.41, 5.74) is 1.31. The van der Waals surface area contributed by atoms with Gasteiger partial charge in [-0.05, 0) is 13.0 Å². The summed E-state index contributed by atoms with van der Waals surface area (Å²) < 4.78 is 0. The lowest BCUT2D eigenvalue weighted by Gasteiger charge is -2.25. The fourth-order valence-corrected chi connectivity index (χ4v) is 2.02. The van der Waals surface area contributed by atoms with E-state index in [0.29, 0.717) is 11.3 Å².